The summed E-state index contributed by atoms with van der Waals surface area (Å²) >= 11 is 0. The molecule has 7 nitrogen and oxygen atoms in total. The lowest BCUT2D eigenvalue weighted by Gasteiger charge is -2.08. The molecule has 1 N–H and O–H groups in total. The molecule has 0 unspecified atom stereocenters. The van der Waals surface area contributed by atoms with Crippen molar-refractivity contribution in [1.29, 1.82) is 0 Å². The van der Waals surface area contributed by atoms with Crippen molar-refractivity contribution in [3.63, 3.8) is 0 Å². The Kier molecular flexibility index (Phi) is 4.85. The second-order valence-electron chi connectivity index (χ2n) is 6.79. The lowest BCUT2D eigenvalue weighted by Crippen LogP contribution is -2.13. The highest BCUT2D eigenvalue weighted by Crippen LogP contribution is 2.26. The number of carbonyl (C=O) groups is 1. The number of nitro groups is 1. The first kappa shape index (κ1) is 19.1. The minimum absolute atomic E-state index is 0.120. The van der Waals surface area contributed by atoms with Gasteiger partial charge in [-0.3, -0.25) is 14.9 Å². The van der Waals surface area contributed by atoms with Crippen LogP contribution in [0.5, 0.6) is 0 Å². The van der Waals surface area contributed by atoms with Gasteiger partial charge >= 0.3 is 5.63 Å². The first-order chi connectivity index (χ1) is 14.4. The zero-order valence-electron chi connectivity index (χ0n) is 15.9. The molecule has 0 aliphatic rings. The highest BCUT2D eigenvalue weighted by Gasteiger charge is 2.17. The SMILES string of the molecule is Cc1ccc(NC(=O)c2ccc(-c3cc4ccccc4oc3=O)cc2)c([N+](=O)[O-])c1. The molecule has 0 aliphatic carbocycles. The molecule has 30 heavy (non-hydrogen) atoms. The predicted octanol–water partition coefficient (Wildman–Crippen LogP) is 4.93. The summed E-state index contributed by atoms with van der Waals surface area (Å²) in [4.78, 5) is 35.6. The van der Waals surface area contributed by atoms with Gasteiger partial charge in [0.2, 0.25) is 0 Å². The van der Waals surface area contributed by atoms with Crippen LogP contribution in [0.4, 0.5) is 11.4 Å². The van der Waals surface area contributed by atoms with Crippen LogP contribution < -0.4 is 10.9 Å². The highest BCUT2D eigenvalue weighted by molar-refractivity contribution is 6.05. The standard InChI is InChI=1S/C23H16N2O5/c1-14-6-11-19(20(12-14)25(28)29)24-22(26)16-9-7-15(8-10-16)18-13-17-4-2-3-5-21(17)30-23(18)27/h2-13H,1H3,(H,24,26). The zero-order chi connectivity index (χ0) is 21.3. The van der Waals surface area contributed by atoms with Crippen LogP contribution in [0.1, 0.15) is 15.9 Å². The maximum Gasteiger partial charge on any atom is 0.344 e. The van der Waals surface area contributed by atoms with E-state index in [1.807, 2.05) is 12.1 Å². The largest absolute Gasteiger partial charge is 0.422 e. The van der Waals surface area contributed by atoms with E-state index in [9.17, 15) is 19.7 Å². The van der Waals surface area contributed by atoms with Gasteiger partial charge in [-0.15, -0.1) is 0 Å². The monoisotopic (exact) mass is 400 g/mol. The van der Waals surface area contributed by atoms with Gasteiger partial charge in [0, 0.05) is 17.0 Å². The molecule has 1 aromatic heterocycles. The number of nitrogens with zero attached hydrogens (tertiary/aromatic N) is 1. The number of nitro benzene ring substituents is 1. The number of fused-ring (bicyclic) bond motifs is 1. The molecule has 0 radical (unpaired) electrons. The molecule has 7 heteroatoms. The summed E-state index contributed by atoms with van der Waals surface area (Å²) < 4.78 is 5.35. The molecule has 0 spiro atoms. The van der Waals surface area contributed by atoms with Crippen LogP contribution in [-0.2, 0) is 0 Å². The number of para-hydroxylation sites is 1. The minimum atomic E-state index is -0.537. The van der Waals surface area contributed by atoms with Crippen molar-refractivity contribution in [2.45, 2.75) is 6.92 Å². The molecule has 1 heterocycles. The third-order valence-electron chi connectivity index (χ3n) is 4.70. The molecule has 0 aliphatic heterocycles. The van der Waals surface area contributed by atoms with Crippen LogP contribution in [0, 0.1) is 17.0 Å². The molecular formula is C23H16N2O5. The van der Waals surface area contributed by atoms with Crippen molar-refractivity contribution in [1.82, 2.24) is 0 Å². The van der Waals surface area contributed by atoms with Crippen LogP contribution in [0.25, 0.3) is 22.1 Å². The van der Waals surface area contributed by atoms with Crippen molar-refractivity contribution in [3.8, 4) is 11.1 Å². The zero-order valence-corrected chi connectivity index (χ0v) is 15.9. The van der Waals surface area contributed by atoms with E-state index in [0.29, 0.717) is 22.3 Å². The van der Waals surface area contributed by atoms with Gasteiger partial charge in [0.05, 0.1) is 10.5 Å². The van der Waals surface area contributed by atoms with Crippen molar-refractivity contribution >= 4 is 28.3 Å². The minimum Gasteiger partial charge on any atom is -0.422 e. The Hall–Kier alpha value is -4.26. The Morgan fingerprint density at radius 1 is 1.00 bits per heavy atom. The van der Waals surface area contributed by atoms with Gasteiger partial charge in [-0.2, -0.15) is 0 Å². The molecule has 0 atom stereocenters. The smallest absolute Gasteiger partial charge is 0.344 e. The van der Waals surface area contributed by atoms with Crippen LogP contribution in [-0.4, -0.2) is 10.8 Å². The van der Waals surface area contributed by atoms with Crippen LogP contribution in [0.2, 0.25) is 0 Å². The summed E-state index contributed by atoms with van der Waals surface area (Å²) in [5.41, 5.74) is 1.99. The van der Waals surface area contributed by atoms with Gasteiger partial charge in [-0.1, -0.05) is 36.4 Å². The Morgan fingerprint density at radius 2 is 1.73 bits per heavy atom. The number of hydrogen-bond acceptors (Lipinski definition) is 5. The Labute approximate surface area is 170 Å². The van der Waals surface area contributed by atoms with Crippen molar-refractivity contribution in [2.75, 3.05) is 5.32 Å². The Bertz CT molecular complexity index is 1340. The lowest BCUT2D eigenvalue weighted by molar-refractivity contribution is -0.384. The summed E-state index contributed by atoms with van der Waals surface area (Å²) in [5, 5.41) is 14.6. The second kappa shape index (κ2) is 7.63. The fourth-order valence-corrected chi connectivity index (χ4v) is 3.16. The quantitative estimate of drug-likeness (QED) is 0.297. The third-order valence-corrected chi connectivity index (χ3v) is 4.70. The number of rotatable bonds is 4. The number of aryl methyl sites for hydroxylation is 1. The van der Waals surface area contributed by atoms with E-state index in [0.717, 1.165) is 10.9 Å². The maximum absolute atomic E-state index is 12.5. The van der Waals surface area contributed by atoms with E-state index < -0.39 is 16.5 Å². The molecule has 0 saturated heterocycles. The van der Waals surface area contributed by atoms with Gasteiger partial charge in [0.25, 0.3) is 11.6 Å². The molecule has 0 bridgehead atoms. The van der Waals surface area contributed by atoms with E-state index in [1.165, 1.54) is 12.1 Å². The summed E-state index contributed by atoms with van der Waals surface area (Å²) in [5.74, 6) is -0.487. The number of nitrogens with one attached hydrogen (secondary N) is 1. The summed E-state index contributed by atoms with van der Waals surface area (Å²) in [6.45, 7) is 1.74. The fraction of sp³-hybridized carbons (Fsp3) is 0.0435. The summed E-state index contributed by atoms with van der Waals surface area (Å²) in [7, 11) is 0. The van der Waals surface area contributed by atoms with Crippen molar-refractivity contribution in [2.24, 2.45) is 0 Å². The van der Waals surface area contributed by atoms with Crippen molar-refractivity contribution < 1.29 is 14.1 Å². The molecule has 4 rings (SSSR count). The van der Waals surface area contributed by atoms with E-state index in [-0.39, 0.29) is 11.4 Å². The normalized spacial score (nSPS) is 10.7. The van der Waals surface area contributed by atoms with Crippen LogP contribution in [0.3, 0.4) is 0 Å². The number of anilines is 1. The fourth-order valence-electron chi connectivity index (χ4n) is 3.16. The number of carbonyl (C=O) groups excluding carboxylic acids is 1. The predicted molar refractivity (Wildman–Crippen MR) is 114 cm³/mol. The summed E-state index contributed by atoms with van der Waals surface area (Å²) in [6.07, 6.45) is 0. The van der Waals surface area contributed by atoms with E-state index in [4.69, 9.17) is 4.42 Å². The average Bonchev–Trinajstić information content (AvgIpc) is 2.74. The first-order valence-electron chi connectivity index (χ1n) is 9.12. The molecule has 0 saturated carbocycles. The van der Waals surface area contributed by atoms with E-state index in [2.05, 4.69) is 5.32 Å². The molecule has 0 fully saturated rings. The third kappa shape index (κ3) is 3.68. The molecule has 148 valence electrons. The highest BCUT2D eigenvalue weighted by atomic mass is 16.6. The van der Waals surface area contributed by atoms with Gasteiger partial charge < -0.3 is 9.73 Å². The maximum atomic E-state index is 12.5. The van der Waals surface area contributed by atoms with Gasteiger partial charge in [0.15, 0.2) is 0 Å². The van der Waals surface area contributed by atoms with E-state index >= 15 is 0 Å². The van der Waals surface area contributed by atoms with Gasteiger partial charge in [0.1, 0.15) is 11.3 Å². The Morgan fingerprint density at radius 3 is 2.47 bits per heavy atom. The van der Waals surface area contributed by atoms with E-state index in [1.54, 1.807) is 55.5 Å². The number of hydrogen-bond donors (Lipinski definition) is 1. The molecule has 3 aromatic carbocycles. The second-order valence-corrected chi connectivity index (χ2v) is 6.79. The first-order valence-corrected chi connectivity index (χ1v) is 9.12. The Balaban J connectivity index is 1.62. The van der Waals surface area contributed by atoms with Crippen LogP contribution >= 0.6 is 0 Å². The topological polar surface area (TPSA) is 102 Å². The van der Waals surface area contributed by atoms with Crippen molar-refractivity contribution in [3.05, 3.63) is 104 Å². The summed E-state index contributed by atoms with van der Waals surface area (Å²) in [6, 6.07) is 19.9. The average molecular weight is 400 g/mol. The molecule has 4 aromatic rings. The number of benzene rings is 3. The van der Waals surface area contributed by atoms with Gasteiger partial charge in [-0.25, -0.2) is 4.79 Å². The molecular weight excluding hydrogens is 384 g/mol. The molecule has 1 amide bonds. The lowest BCUT2D eigenvalue weighted by atomic mass is 10.0. The van der Waals surface area contributed by atoms with Crippen LogP contribution in [0.15, 0.2) is 82.0 Å². The van der Waals surface area contributed by atoms with Gasteiger partial charge in [-0.05, 0) is 48.4 Å². The number of amides is 1.